The Morgan fingerprint density at radius 2 is 1.96 bits per heavy atom. The highest BCUT2D eigenvalue weighted by atomic mass is 16.4. The number of amides is 2. The monoisotopic (exact) mass is 359 g/mol. The number of carboxylic acid groups (broad SMARTS) is 1. The second kappa shape index (κ2) is 7.85. The summed E-state index contributed by atoms with van der Waals surface area (Å²) < 4.78 is 0. The summed E-state index contributed by atoms with van der Waals surface area (Å²) in [4.78, 5) is 43.0. The number of carbonyl (C=O) groups is 3. The number of hydrogen-bond donors (Lipinski definition) is 1. The molecule has 2 aliphatic rings. The Morgan fingerprint density at radius 3 is 2.54 bits per heavy atom. The van der Waals surface area contributed by atoms with Crippen LogP contribution in [0.25, 0.3) is 0 Å². The van der Waals surface area contributed by atoms with E-state index in [-0.39, 0.29) is 24.4 Å². The van der Waals surface area contributed by atoms with Crippen LogP contribution >= 0.6 is 0 Å². The van der Waals surface area contributed by atoms with Crippen molar-refractivity contribution in [1.29, 1.82) is 0 Å². The van der Waals surface area contributed by atoms with Crippen LogP contribution in [-0.4, -0.2) is 63.4 Å². The molecular weight excluding hydrogens is 334 g/mol. The topological polar surface area (TPSA) is 90.8 Å². The lowest BCUT2D eigenvalue weighted by Gasteiger charge is -2.28. The number of nitrogens with zero attached hydrogens (tertiary/aromatic N) is 3. The minimum atomic E-state index is -1.02. The van der Waals surface area contributed by atoms with Crippen molar-refractivity contribution in [3.05, 3.63) is 29.6 Å². The zero-order chi connectivity index (χ0) is 18.7. The molecule has 1 saturated heterocycles. The number of carbonyl (C=O) groups excluding carboxylic acids is 2. The van der Waals surface area contributed by atoms with Gasteiger partial charge in [0.05, 0.1) is 0 Å². The molecule has 2 heterocycles. The lowest BCUT2D eigenvalue weighted by atomic mass is 10.1. The number of likely N-dealkylation sites (tertiary alicyclic amines) is 1. The molecule has 7 nitrogen and oxygen atoms in total. The molecule has 0 aromatic carbocycles. The van der Waals surface area contributed by atoms with E-state index in [1.54, 1.807) is 17.2 Å². The van der Waals surface area contributed by atoms with Gasteiger partial charge in [-0.05, 0) is 49.7 Å². The van der Waals surface area contributed by atoms with Gasteiger partial charge in [0.1, 0.15) is 12.2 Å². The Morgan fingerprint density at radius 1 is 1.19 bits per heavy atom. The van der Waals surface area contributed by atoms with E-state index in [0.717, 1.165) is 6.42 Å². The van der Waals surface area contributed by atoms with E-state index in [2.05, 4.69) is 4.98 Å². The van der Waals surface area contributed by atoms with Crippen LogP contribution in [0.15, 0.2) is 18.3 Å². The number of pyridine rings is 1. The predicted octanol–water partition coefficient (Wildman–Crippen LogP) is 1.89. The Bertz CT molecular complexity index is 685. The molecule has 1 atom stereocenters. The molecule has 3 rings (SSSR count). The Labute approximate surface area is 153 Å². The zero-order valence-corrected chi connectivity index (χ0v) is 15.1. The maximum Gasteiger partial charge on any atom is 0.323 e. The van der Waals surface area contributed by atoms with Crippen LogP contribution in [0.4, 0.5) is 0 Å². The third kappa shape index (κ3) is 4.39. The highest BCUT2D eigenvalue weighted by Gasteiger charge is 2.29. The van der Waals surface area contributed by atoms with Crippen LogP contribution in [-0.2, 0) is 9.59 Å². The van der Waals surface area contributed by atoms with Crippen molar-refractivity contribution in [3.8, 4) is 0 Å². The van der Waals surface area contributed by atoms with E-state index in [1.807, 2.05) is 6.07 Å². The molecule has 0 spiro atoms. The third-order valence-electron chi connectivity index (χ3n) is 5.19. The van der Waals surface area contributed by atoms with Crippen molar-refractivity contribution in [2.75, 3.05) is 19.6 Å². The molecule has 1 aromatic rings. The summed E-state index contributed by atoms with van der Waals surface area (Å²) in [6.45, 7) is 2.19. The minimum absolute atomic E-state index is 0.0967. The van der Waals surface area contributed by atoms with Gasteiger partial charge in [-0.3, -0.25) is 19.4 Å². The summed E-state index contributed by atoms with van der Waals surface area (Å²) >= 11 is 0. The van der Waals surface area contributed by atoms with Gasteiger partial charge in [-0.15, -0.1) is 0 Å². The number of carboxylic acids is 1. The van der Waals surface area contributed by atoms with Gasteiger partial charge in [0, 0.05) is 32.3 Å². The zero-order valence-electron chi connectivity index (χ0n) is 15.1. The summed E-state index contributed by atoms with van der Waals surface area (Å²) in [6.07, 6.45) is 6.22. The van der Waals surface area contributed by atoms with Crippen LogP contribution in [0.5, 0.6) is 0 Å². The third-order valence-corrected chi connectivity index (χ3v) is 5.19. The van der Waals surface area contributed by atoms with Gasteiger partial charge in [-0.1, -0.05) is 6.07 Å². The fourth-order valence-corrected chi connectivity index (χ4v) is 3.59. The van der Waals surface area contributed by atoms with Crippen LogP contribution in [0, 0.1) is 0 Å². The van der Waals surface area contributed by atoms with Crippen LogP contribution in [0.3, 0.4) is 0 Å². The largest absolute Gasteiger partial charge is 0.480 e. The van der Waals surface area contributed by atoms with Crippen molar-refractivity contribution < 1.29 is 19.5 Å². The summed E-state index contributed by atoms with van der Waals surface area (Å²) in [5, 5.41) is 9.02. The number of rotatable bonds is 5. The highest BCUT2D eigenvalue weighted by molar-refractivity contribution is 5.92. The molecule has 26 heavy (non-hydrogen) atoms. The van der Waals surface area contributed by atoms with Crippen molar-refractivity contribution in [2.24, 2.45) is 0 Å². The highest BCUT2D eigenvalue weighted by Crippen LogP contribution is 2.39. The van der Waals surface area contributed by atoms with Crippen LogP contribution in [0.1, 0.15) is 61.0 Å². The second-order valence-corrected chi connectivity index (χ2v) is 7.17. The molecule has 7 heteroatoms. The van der Waals surface area contributed by atoms with Crippen molar-refractivity contribution in [1.82, 2.24) is 14.8 Å². The Kier molecular flexibility index (Phi) is 5.54. The second-order valence-electron chi connectivity index (χ2n) is 7.17. The first-order chi connectivity index (χ1) is 12.5. The predicted molar refractivity (Wildman–Crippen MR) is 94.8 cm³/mol. The van der Waals surface area contributed by atoms with Gasteiger partial charge in [-0.25, -0.2) is 0 Å². The van der Waals surface area contributed by atoms with E-state index >= 15 is 0 Å². The van der Waals surface area contributed by atoms with E-state index in [9.17, 15) is 14.4 Å². The summed E-state index contributed by atoms with van der Waals surface area (Å²) in [5.41, 5.74) is 1.64. The molecule has 0 bridgehead atoms. The van der Waals surface area contributed by atoms with E-state index in [4.69, 9.17) is 5.11 Å². The van der Waals surface area contributed by atoms with Gasteiger partial charge < -0.3 is 14.9 Å². The molecule has 0 radical (unpaired) electrons. The molecule has 1 N–H and O–H groups in total. The molecule has 1 unspecified atom stereocenters. The van der Waals surface area contributed by atoms with Gasteiger partial charge >= 0.3 is 5.97 Å². The average Bonchev–Trinajstić information content (AvgIpc) is 3.45. The van der Waals surface area contributed by atoms with Gasteiger partial charge in [0.25, 0.3) is 5.91 Å². The van der Waals surface area contributed by atoms with Crippen LogP contribution in [0.2, 0.25) is 0 Å². The maximum absolute atomic E-state index is 12.7. The fraction of sp³-hybridized carbons (Fsp3) is 0.579. The first-order valence-corrected chi connectivity index (χ1v) is 9.20. The molecular formula is C19H25N3O4. The van der Waals surface area contributed by atoms with Crippen LogP contribution < -0.4 is 0 Å². The Balaban J connectivity index is 1.62. The first-order valence-electron chi connectivity index (χ1n) is 9.20. The van der Waals surface area contributed by atoms with Crippen molar-refractivity contribution in [3.63, 3.8) is 0 Å². The number of aromatic nitrogens is 1. The molecule has 2 amide bonds. The smallest absolute Gasteiger partial charge is 0.323 e. The Hall–Kier alpha value is -2.44. The first kappa shape index (κ1) is 18.4. The molecule has 140 valence electrons. The normalized spacial score (nSPS) is 20.3. The van der Waals surface area contributed by atoms with E-state index in [1.165, 1.54) is 30.2 Å². The average molecular weight is 359 g/mol. The summed E-state index contributed by atoms with van der Waals surface area (Å²) in [6, 6.07) is 3.64. The van der Waals surface area contributed by atoms with Crippen molar-refractivity contribution in [2.45, 2.75) is 51.0 Å². The molecule has 1 aliphatic carbocycles. The lowest BCUT2D eigenvalue weighted by molar-refractivity contribution is -0.145. The quantitative estimate of drug-likeness (QED) is 0.867. The fourth-order valence-electron chi connectivity index (χ4n) is 3.59. The van der Waals surface area contributed by atoms with E-state index < -0.39 is 5.97 Å². The lowest BCUT2D eigenvalue weighted by Crippen LogP contribution is -2.43. The maximum atomic E-state index is 12.7. The summed E-state index contributed by atoms with van der Waals surface area (Å²) in [7, 11) is 0. The summed E-state index contributed by atoms with van der Waals surface area (Å²) in [5.74, 6) is -0.746. The van der Waals surface area contributed by atoms with Gasteiger partial charge in [0.2, 0.25) is 5.91 Å². The molecule has 1 saturated carbocycles. The van der Waals surface area contributed by atoms with Crippen molar-refractivity contribution >= 4 is 17.8 Å². The standard InChI is InChI=1S/C19H25N3O4/c1-13(23)22(12-18(24)25)16-3-2-9-21(10-8-16)19(26)17-7-6-15(11-20-17)14-4-5-14/h6-7,11,14,16H,2-5,8-10,12H2,1H3,(H,24,25). The van der Waals surface area contributed by atoms with Gasteiger partial charge in [-0.2, -0.15) is 0 Å². The molecule has 2 fully saturated rings. The minimum Gasteiger partial charge on any atom is -0.480 e. The van der Waals surface area contributed by atoms with Gasteiger partial charge in [0.15, 0.2) is 0 Å². The molecule has 1 aromatic heterocycles. The SMILES string of the molecule is CC(=O)N(CC(=O)O)C1CCCN(C(=O)c2ccc(C3CC3)cn2)CC1. The number of aliphatic carboxylic acids is 1. The molecule has 1 aliphatic heterocycles. The van der Waals surface area contributed by atoms with E-state index in [0.29, 0.717) is 37.5 Å². The number of hydrogen-bond acceptors (Lipinski definition) is 4.